The molecule has 0 saturated heterocycles. The molecule has 2 aliphatic rings. The van der Waals surface area contributed by atoms with Gasteiger partial charge in [0.1, 0.15) is 17.1 Å². The lowest BCUT2D eigenvalue weighted by atomic mass is 9.74. The summed E-state index contributed by atoms with van der Waals surface area (Å²) in [6.45, 7) is 0.694. The number of nitrogens with two attached hydrogens (primary N) is 1. The number of ether oxygens (including phenoxy) is 1. The van der Waals surface area contributed by atoms with Crippen molar-refractivity contribution in [3.05, 3.63) is 63.4 Å². The van der Waals surface area contributed by atoms with Gasteiger partial charge in [0, 0.05) is 24.7 Å². The van der Waals surface area contributed by atoms with Gasteiger partial charge in [0.05, 0.1) is 23.2 Å². The quantitative estimate of drug-likeness (QED) is 0.368. The van der Waals surface area contributed by atoms with Crippen LogP contribution in [0.2, 0.25) is 0 Å². The van der Waals surface area contributed by atoms with Crippen LogP contribution < -0.4 is 21.2 Å². The fourth-order valence-electron chi connectivity index (χ4n) is 5.07. The Morgan fingerprint density at radius 2 is 1.94 bits per heavy atom. The van der Waals surface area contributed by atoms with E-state index < -0.39 is 22.8 Å². The van der Waals surface area contributed by atoms with Gasteiger partial charge in [-0.3, -0.25) is 4.79 Å². The number of nitrogens with one attached hydrogen (secondary N) is 1. The highest BCUT2D eigenvalue weighted by atomic mass is 19.1. The van der Waals surface area contributed by atoms with Crippen molar-refractivity contribution in [1.29, 1.82) is 0 Å². The Labute approximate surface area is 194 Å². The maximum Gasteiger partial charge on any atom is 0.341 e. The summed E-state index contributed by atoms with van der Waals surface area (Å²) in [5, 5.41) is 12.5. The van der Waals surface area contributed by atoms with Crippen LogP contribution in [0.4, 0.5) is 20.2 Å². The van der Waals surface area contributed by atoms with Gasteiger partial charge in [-0.15, -0.1) is 0 Å². The van der Waals surface area contributed by atoms with Crippen LogP contribution in [-0.2, 0) is 12.0 Å². The van der Waals surface area contributed by atoms with Crippen LogP contribution in [0.15, 0.2) is 35.3 Å². The van der Waals surface area contributed by atoms with Gasteiger partial charge in [-0.2, -0.15) is 0 Å². The normalized spacial score (nSPS) is 16.1. The fourth-order valence-corrected chi connectivity index (χ4v) is 5.07. The molecule has 2 heterocycles. The molecule has 1 aromatic heterocycles. The molecule has 7 nitrogen and oxygen atoms in total. The smallest absolute Gasteiger partial charge is 0.341 e. The summed E-state index contributed by atoms with van der Waals surface area (Å²) in [5.41, 5.74) is 5.44. The van der Waals surface area contributed by atoms with Crippen molar-refractivity contribution in [2.45, 2.75) is 44.1 Å². The molecule has 0 amide bonds. The standard InChI is InChI=1S/C25H25F2N3O4/c26-15-6-4-14(5-7-15)3-1-11-29-20-18(27)19(28)17-21-23(20)34-12-10-25(8-2-9-25)30(21)13-16(22(17)31)24(32)33/h4-7,13,29H,1-3,8-12,28H2,(H,32,33). The number of nitrogens with zero attached hydrogens (tertiary/aromatic N) is 1. The first-order valence-electron chi connectivity index (χ1n) is 11.4. The highest BCUT2D eigenvalue weighted by Gasteiger charge is 2.43. The Morgan fingerprint density at radius 3 is 2.59 bits per heavy atom. The molecule has 1 saturated carbocycles. The van der Waals surface area contributed by atoms with Gasteiger partial charge in [-0.05, 0) is 49.8 Å². The number of fused-ring (bicyclic) bond motifs is 1. The van der Waals surface area contributed by atoms with Crippen LogP contribution in [0.5, 0.6) is 5.75 Å². The van der Waals surface area contributed by atoms with Crippen LogP contribution in [0.3, 0.4) is 0 Å². The van der Waals surface area contributed by atoms with Crippen molar-refractivity contribution in [2.24, 2.45) is 0 Å². The molecule has 5 rings (SSSR count). The van der Waals surface area contributed by atoms with E-state index in [1.54, 1.807) is 16.7 Å². The van der Waals surface area contributed by atoms with Crippen molar-refractivity contribution in [3.63, 3.8) is 0 Å². The average Bonchev–Trinajstić information content (AvgIpc) is 2.95. The van der Waals surface area contributed by atoms with E-state index in [1.165, 1.54) is 18.3 Å². The zero-order valence-electron chi connectivity index (χ0n) is 18.5. The number of nitrogen functional groups attached to an aromatic ring is 1. The molecule has 9 heteroatoms. The molecule has 0 bridgehead atoms. The lowest BCUT2D eigenvalue weighted by Crippen LogP contribution is -2.42. The zero-order chi connectivity index (χ0) is 24.0. The Balaban J connectivity index is 1.58. The second-order valence-corrected chi connectivity index (χ2v) is 9.04. The first-order chi connectivity index (χ1) is 16.3. The number of carbonyl (C=O) groups is 1. The van der Waals surface area contributed by atoms with E-state index in [0.29, 0.717) is 37.9 Å². The number of rotatable bonds is 6. The maximum absolute atomic E-state index is 15.5. The number of hydrogen-bond acceptors (Lipinski definition) is 5. The summed E-state index contributed by atoms with van der Waals surface area (Å²) in [6, 6.07) is 6.21. The third kappa shape index (κ3) is 3.46. The van der Waals surface area contributed by atoms with Crippen molar-refractivity contribution < 1.29 is 23.4 Å². The minimum absolute atomic E-state index is 0.0664. The number of carboxylic acids is 1. The van der Waals surface area contributed by atoms with E-state index >= 15 is 4.39 Å². The number of aromatic nitrogens is 1. The minimum Gasteiger partial charge on any atom is -0.489 e. The number of carboxylic acid groups (broad SMARTS) is 1. The van der Waals surface area contributed by atoms with Crippen LogP contribution in [0.1, 0.15) is 48.0 Å². The second kappa shape index (κ2) is 8.30. The lowest BCUT2D eigenvalue weighted by Gasteiger charge is -2.44. The number of aromatic carboxylic acids is 1. The molecular weight excluding hydrogens is 444 g/mol. The van der Waals surface area contributed by atoms with Gasteiger partial charge < -0.3 is 25.5 Å². The Morgan fingerprint density at radius 1 is 1.21 bits per heavy atom. The average molecular weight is 469 g/mol. The lowest BCUT2D eigenvalue weighted by molar-refractivity contribution is 0.0691. The van der Waals surface area contributed by atoms with Crippen LogP contribution >= 0.6 is 0 Å². The predicted molar refractivity (Wildman–Crippen MR) is 125 cm³/mol. The molecule has 3 aromatic rings. The van der Waals surface area contributed by atoms with E-state index in [4.69, 9.17) is 10.5 Å². The van der Waals surface area contributed by atoms with Crippen LogP contribution in [0.25, 0.3) is 10.9 Å². The first-order valence-corrected chi connectivity index (χ1v) is 11.4. The highest BCUT2D eigenvalue weighted by Crippen LogP contribution is 2.49. The maximum atomic E-state index is 15.5. The summed E-state index contributed by atoms with van der Waals surface area (Å²) in [4.78, 5) is 24.8. The van der Waals surface area contributed by atoms with E-state index in [1.807, 2.05) is 0 Å². The first kappa shape index (κ1) is 22.2. The molecule has 4 N–H and O–H groups in total. The van der Waals surface area contributed by atoms with Gasteiger partial charge in [0.25, 0.3) is 0 Å². The van der Waals surface area contributed by atoms with E-state index in [9.17, 15) is 19.1 Å². The molecule has 0 unspecified atom stereocenters. The summed E-state index contributed by atoms with van der Waals surface area (Å²) < 4.78 is 36.4. The van der Waals surface area contributed by atoms with Crippen molar-refractivity contribution in [1.82, 2.24) is 4.57 Å². The molecule has 34 heavy (non-hydrogen) atoms. The largest absolute Gasteiger partial charge is 0.489 e. The van der Waals surface area contributed by atoms with Crippen molar-refractivity contribution >= 4 is 28.2 Å². The second-order valence-electron chi connectivity index (χ2n) is 9.04. The summed E-state index contributed by atoms with van der Waals surface area (Å²) >= 11 is 0. The molecule has 0 radical (unpaired) electrons. The topological polar surface area (TPSA) is 107 Å². The molecule has 1 aliphatic carbocycles. The number of hydrogen-bond donors (Lipinski definition) is 3. The molecule has 178 valence electrons. The van der Waals surface area contributed by atoms with Crippen LogP contribution in [0, 0.1) is 11.6 Å². The number of halogens is 2. The third-order valence-corrected chi connectivity index (χ3v) is 7.07. The molecule has 1 aliphatic heterocycles. The monoisotopic (exact) mass is 469 g/mol. The van der Waals surface area contributed by atoms with Crippen molar-refractivity contribution in [3.8, 4) is 5.75 Å². The van der Waals surface area contributed by atoms with E-state index in [0.717, 1.165) is 24.8 Å². The molecule has 1 spiro atoms. The van der Waals surface area contributed by atoms with Crippen molar-refractivity contribution in [2.75, 3.05) is 24.2 Å². The SMILES string of the molecule is Nc1c(F)c(NCCCc2ccc(F)cc2)c2c3c1c(=O)c(C(=O)O)cn3C1(CCC1)CCO2. The summed E-state index contributed by atoms with van der Waals surface area (Å²) in [7, 11) is 0. The number of anilines is 2. The predicted octanol–water partition coefficient (Wildman–Crippen LogP) is 4.27. The number of pyridine rings is 1. The third-order valence-electron chi connectivity index (χ3n) is 7.07. The molecule has 1 fully saturated rings. The van der Waals surface area contributed by atoms with Gasteiger partial charge in [-0.1, -0.05) is 12.1 Å². The highest BCUT2D eigenvalue weighted by molar-refractivity contribution is 6.03. The minimum atomic E-state index is -1.38. The molecular formula is C25H25F2N3O4. The van der Waals surface area contributed by atoms with Gasteiger partial charge in [0.15, 0.2) is 11.6 Å². The van der Waals surface area contributed by atoms with Gasteiger partial charge in [-0.25, -0.2) is 13.6 Å². The Hall–Kier alpha value is -3.62. The number of benzene rings is 2. The Bertz CT molecular complexity index is 1350. The molecule has 0 atom stereocenters. The molecule has 2 aromatic carbocycles. The van der Waals surface area contributed by atoms with Gasteiger partial charge >= 0.3 is 5.97 Å². The van der Waals surface area contributed by atoms with E-state index in [-0.39, 0.29) is 33.9 Å². The van der Waals surface area contributed by atoms with Gasteiger partial charge in [0.2, 0.25) is 5.43 Å². The summed E-state index contributed by atoms with van der Waals surface area (Å²) in [6.07, 6.45) is 5.86. The van der Waals surface area contributed by atoms with Crippen LogP contribution in [-0.4, -0.2) is 28.8 Å². The van der Waals surface area contributed by atoms with E-state index in [2.05, 4.69) is 5.32 Å². The zero-order valence-corrected chi connectivity index (χ0v) is 18.5. The number of aryl methyl sites for hydroxylation is 1. The fraction of sp³-hybridized carbons (Fsp3) is 0.360. The summed E-state index contributed by atoms with van der Waals surface area (Å²) in [5.74, 6) is -2.33. The Kier molecular flexibility index (Phi) is 5.42.